The van der Waals surface area contributed by atoms with Gasteiger partial charge in [-0.05, 0) is 37.6 Å². The summed E-state index contributed by atoms with van der Waals surface area (Å²) in [5.74, 6) is 1.19. The molecule has 0 aromatic rings. The van der Waals surface area contributed by atoms with E-state index in [2.05, 4.69) is 12.2 Å². The van der Waals surface area contributed by atoms with E-state index in [1.54, 1.807) is 8.61 Å². The summed E-state index contributed by atoms with van der Waals surface area (Å²) in [6.07, 6.45) is 3.01. The number of fused-ring (bicyclic) bond motifs is 1. The van der Waals surface area contributed by atoms with Crippen LogP contribution in [0.3, 0.4) is 0 Å². The van der Waals surface area contributed by atoms with Crippen LogP contribution in [0, 0.1) is 11.8 Å². The van der Waals surface area contributed by atoms with Crippen LogP contribution >= 0.6 is 0 Å². The minimum Gasteiger partial charge on any atom is -0.315 e. The molecule has 0 radical (unpaired) electrons. The van der Waals surface area contributed by atoms with Gasteiger partial charge in [0.15, 0.2) is 0 Å². The number of hydrogen-bond donors (Lipinski definition) is 1. The molecule has 0 bridgehead atoms. The van der Waals surface area contributed by atoms with Gasteiger partial charge in [0, 0.05) is 32.2 Å². The molecule has 6 heteroatoms. The van der Waals surface area contributed by atoms with Gasteiger partial charge in [-0.15, -0.1) is 0 Å². The van der Waals surface area contributed by atoms with Gasteiger partial charge in [-0.1, -0.05) is 6.92 Å². The zero-order chi connectivity index (χ0) is 12.8. The molecule has 2 atom stereocenters. The highest BCUT2D eigenvalue weighted by molar-refractivity contribution is 7.86. The fourth-order valence-corrected chi connectivity index (χ4v) is 5.35. The summed E-state index contributed by atoms with van der Waals surface area (Å²) in [6.45, 7) is 6.12. The van der Waals surface area contributed by atoms with Gasteiger partial charge in [-0.25, -0.2) is 0 Å². The van der Waals surface area contributed by atoms with Crippen LogP contribution in [0.5, 0.6) is 0 Å². The Hall–Kier alpha value is -0.170. The van der Waals surface area contributed by atoms with Gasteiger partial charge >= 0.3 is 0 Å². The van der Waals surface area contributed by atoms with E-state index in [1.807, 2.05) is 0 Å². The molecule has 0 aliphatic carbocycles. The van der Waals surface area contributed by atoms with Crippen molar-refractivity contribution in [3.8, 4) is 0 Å². The normalized spacial score (nSPS) is 36.1. The molecule has 0 spiro atoms. The molecule has 3 fully saturated rings. The summed E-state index contributed by atoms with van der Waals surface area (Å²) < 4.78 is 28.8. The second kappa shape index (κ2) is 4.74. The first-order chi connectivity index (χ1) is 8.59. The second-order valence-electron chi connectivity index (χ2n) is 5.97. The van der Waals surface area contributed by atoms with E-state index in [1.165, 1.54) is 0 Å². The van der Waals surface area contributed by atoms with Crippen LogP contribution in [-0.2, 0) is 10.2 Å². The van der Waals surface area contributed by atoms with Gasteiger partial charge in [0.25, 0.3) is 10.2 Å². The number of nitrogens with one attached hydrogen (secondary N) is 1. The molecule has 104 valence electrons. The van der Waals surface area contributed by atoms with Crippen LogP contribution in [0.2, 0.25) is 0 Å². The summed E-state index contributed by atoms with van der Waals surface area (Å²) >= 11 is 0. The zero-order valence-electron chi connectivity index (χ0n) is 11.0. The fraction of sp³-hybridized carbons (Fsp3) is 1.00. The minimum atomic E-state index is -3.21. The van der Waals surface area contributed by atoms with Crippen molar-refractivity contribution in [1.29, 1.82) is 0 Å². The molecule has 1 N–H and O–H groups in total. The lowest BCUT2D eigenvalue weighted by molar-refractivity contribution is 0.259. The number of nitrogens with zero attached hydrogens (tertiary/aromatic N) is 2. The topological polar surface area (TPSA) is 52.7 Å². The molecule has 5 nitrogen and oxygen atoms in total. The SMILES string of the molecule is CC1CCN(S(=O)(=O)N2CC[C@H]3CNC[C@H]32)CC1. The molecule has 18 heavy (non-hydrogen) atoms. The summed E-state index contributed by atoms with van der Waals surface area (Å²) in [5, 5.41) is 3.31. The minimum absolute atomic E-state index is 0.203. The smallest absolute Gasteiger partial charge is 0.282 e. The van der Waals surface area contributed by atoms with Crippen LogP contribution in [0.15, 0.2) is 0 Å². The fourth-order valence-electron chi connectivity index (χ4n) is 3.46. The average molecular weight is 273 g/mol. The lowest BCUT2D eigenvalue weighted by Gasteiger charge is -2.34. The van der Waals surface area contributed by atoms with Crippen LogP contribution in [0.1, 0.15) is 26.2 Å². The van der Waals surface area contributed by atoms with Crippen LogP contribution in [0.4, 0.5) is 0 Å². The molecular weight excluding hydrogens is 250 g/mol. The largest absolute Gasteiger partial charge is 0.315 e. The predicted octanol–water partition coefficient (Wildman–Crippen LogP) is 0.257. The molecular formula is C12H23N3O2S. The molecule has 0 saturated carbocycles. The Bertz CT molecular complexity index is 404. The molecule has 3 heterocycles. The summed E-state index contributed by atoms with van der Waals surface area (Å²) in [4.78, 5) is 0. The van der Waals surface area contributed by atoms with Crippen molar-refractivity contribution < 1.29 is 8.42 Å². The molecule has 3 saturated heterocycles. The Morgan fingerprint density at radius 2 is 1.78 bits per heavy atom. The van der Waals surface area contributed by atoms with Crippen molar-refractivity contribution >= 4 is 10.2 Å². The Morgan fingerprint density at radius 3 is 2.50 bits per heavy atom. The lowest BCUT2D eigenvalue weighted by atomic mass is 10.0. The molecule has 0 aromatic heterocycles. The number of hydrogen-bond acceptors (Lipinski definition) is 3. The predicted molar refractivity (Wildman–Crippen MR) is 70.4 cm³/mol. The van der Waals surface area contributed by atoms with Gasteiger partial charge in [-0.2, -0.15) is 17.0 Å². The molecule has 0 aromatic carbocycles. The number of rotatable bonds is 2. The molecule has 3 aliphatic heterocycles. The van der Waals surface area contributed by atoms with Gasteiger partial charge in [-0.3, -0.25) is 0 Å². The van der Waals surface area contributed by atoms with Crippen molar-refractivity contribution in [2.24, 2.45) is 11.8 Å². The van der Waals surface area contributed by atoms with E-state index in [0.29, 0.717) is 31.5 Å². The van der Waals surface area contributed by atoms with Crippen molar-refractivity contribution in [1.82, 2.24) is 13.9 Å². The van der Waals surface area contributed by atoms with E-state index >= 15 is 0 Å². The third kappa shape index (κ3) is 2.09. The van der Waals surface area contributed by atoms with Crippen molar-refractivity contribution in [2.75, 3.05) is 32.7 Å². The Labute approximate surface area is 110 Å². The summed E-state index contributed by atoms with van der Waals surface area (Å²) in [5.41, 5.74) is 0. The number of piperidine rings is 1. The van der Waals surface area contributed by atoms with Crippen LogP contribution in [-0.4, -0.2) is 55.8 Å². The summed E-state index contributed by atoms with van der Waals surface area (Å²) in [7, 11) is -3.21. The van der Waals surface area contributed by atoms with E-state index in [9.17, 15) is 8.42 Å². The van der Waals surface area contributed by atoms with Crippen LogP contribution in [0.25, 0.3) is 0 Å². The maximum Gasteiger partial charge on any atom is 0.282 e. The molecule has 0 amide bonds. The highest BCUT2D eigenvalue weighted by atomic mass is 32.2. The van der Waals surface area contributed by atoms with Gasteiger partial charge in [0.05, 0.1) is 0 Å². The van der Waals surface area contributed by atoms with Crippen LogP contribution < -0.4 is 5.32 Å². The van der Waals surface area contributed by atoms with E-state index in [0.717, 1.165) is 32.4 Å². The molecule has 0 unspecified atom stereocenters. The maximum atomic E-state index is 12.7. The lowest BCUT2D eigenvalue weighted by Crippen LogP contribution is -2.49. The van der Waals surface area contributed by atoms with E-state index in [-0.39, 0.29) is 6.04 Å². The van der Waals surface area contributed by atoms with E-state index in [4.69, 9.17) is 0 Å². The highest BCUT2D eigenvalue weighted by Gasteiger charge is 2.45. The zero-order valence-corrected chi connectivity index (χ0v) is 11.8. The third-order valence-corrected chi connectivity index (χ3v) is 6.82. The Balaban J connectivity index is 1.74. The average Bonchev–Trinajstić information content (AvgIpc) is 2.90. The standard InChI is InChI=1S/C12H23N3O2S/c1-10-2-5-14(6-3-10)18(16,17)15-7-4-11-8-13-9-12(11)15/h10-13H,2-9H2,1H3/t11-,12+/m0/s1. The molecule has 3 rings (SSSR count). The van der Waals surface area contributed by atoms with E-state index < -0.39 is 10.2 Å². The second-order valence-corrected chi connectivity index (χ2v) is 7.86. The Morgan fingerprint density at radius 1 is 1.06 bits per heavy atom. The third-order valence-electron chi connectivity index (χ3n) is 4.76. The highest BCUT2D eigenvalue weighted by Crippen LogP contribution is 2.32. The first-order valence-electron chi connectivity index (χ1n) is 7.06. The van der Waals surface area contributed by atoms with Gasteiger partial charge < -0.3 is 5.32 Å². The maximum absolute atomic E-state index is 12.7. The quantitative estimate of drug-likeness (QED) is 0.785. The first-order valence-corrected chi connectivity index (χ1v) is 8.46. The van der Waals surface area contributed by atoms with Gasteiger partial charge in [0.2, 0.25) is 0 Å². The first kappa shape index (κ1) is 12.8. The van der Waals surface area contributed by atoms with Crippen molar-refractivity contribution in [3.63, 3.8) is 0 Å². The summed E-state index contributed by atoms with van der Waals surface area (Å²) in [6, 6.07) is 0.203. The molecule has 3 aliphatic rings. The van der Waals surface area contributed by atoms with Crippen molar-refractivity contribution in [3.05, 3.63) is 0 Å². The Kier molecular flexibility index (Phi) is 3.38. The monoisotopic (exact) mass is 273 g/mol. The van der Waals surface area contributed by atoms with Gasteiger partial charge in [0.1, 0.15) is 0 Å². The van der Waals surface area contributed by atoms with Crippen molar-refractivity contribution in [2.45, 2.75) is 32.2 Å².